The van der Waals surface area contributed by atoms with Gasteiger partial charge in [-0.2, -0.15) is 0 Å². The molecule has 5 rings (SSSR count). The number of hydrogen-bond acceptors (Lipinski definition) is 4. The van der Waals surface area contributed by atoms with E-state index in [0.717, 1.165) is 17.0 Å². The van der Waals surface area contributed by atoms with E-state index in [-0.39, 0.29) is 34.9 Å². The molecule has 1 unspecified atom stereocenters. The molecule has 1 atom stereocenters. The molecule has 1 N–H and O–H groups in total. The van der Waals surface area contributed by atoms with E-state index in [1.165, 1.54) is 6.20 Å². The van der Waals surface area contributed by atoms with Crippen molar-refractivity contribution in [1.29, 1.82) is 0 Å². The fraction of sp³-hybridized carbons (Fsp3) is 0.136. The summed E-state index contributed by atoms with van der Waals surface area (Å²) in [6.45, 7) is 2.08. The van der Waals surface area contributed by atoms with Crippen LogP contribution in [0.25, 0.3) is 32.9 Å². The largest absolute Gasteiger partial charge is 0.488 e. The molecule has 0 radical (unpaired) electrons. The molecule has 2 aromatic carbocycles. The molecule has 0 amide bonds. The average molecular weight is 390 g/mol. The smallest absolute Gasteiger partial charge is 0.341 e. The van der Waals surface area contributed by atoms with Crippen molar-refractivity contribution in [3.05, 3.63) is 70.4 Å². The molecule has 1 aliphatic heterocycles. The van der Waals surface area contributed by atoms with Gasteiger partial charge in [-0.3, -0.25) is 9.78 Å². The number of halogens is 1. The third-order valence-corrected chi connectivity index (χ3v) is 5.29. The minimum Gasteiger partial charge on any atom is -0.488 e. The third-order valence-electron chi connectivity index (χ3n) is 5.29. The van der Waals surface area contributed by atoms with Gasteiger partial charge >= 0.3 is 5.97 Å². The van der Waals surface area contributed by atoms with Crippen LogP contribution < -0.4 is 10.2 Å². The van der Waals surface area contributed by atoms with Crippen molar-refractivity contribution >= 4 is 27.8 Å². The van der Waals surface area contributed by atoms with Gasteiger partial charge in [0.25, 0.3) is 0 Å². The summed E-state index contributed by atoms with van der Waals surface area (Å²) in [5, 5.41) is 10.2. The summed E-state index contributed by atoms with van der Waals surface area (Å²) in [5.41, 5.74) is 0.907. The molecule has 0 saturated heterocycles. The summed E-state index contributed by atoms with van der Waals surface area (Å²) >= 11 is 0. The summed E-state index contributed by atoms with van der Waals surface area (Å²) in [5.74, 6) is -1.74. The molecule has 2 aromatic heterocycles. The Labute approximate surface area is 163 Å². The van der Waals surface area contributed by atoms with Crippen molar-refractivity contribution in [1.82, 2.24) is 9.55 Å². The summed E-state index contributed by atoms with van der Waals surface area (Å²) in [6.07, 6.45) is 3.00. The Bertz CT molecular complexity index is 1390. The zero-order valence-corrected chi connectivity index (χ0v) is 15.3. The quantitative estimate of drug-likeness (QED) is 0.559. The van der Waals surface area contributed by atoms with Gasteiger partial charge in [0, 0.05) is 17.8 Å². The van der Waals surface area contributed by atoms with Crippen LogP contribution in [-0.4, -0.2) is 27.2 Å². The van der Waals surface area contributed by atoms with Gasteiger partial charge < -0.3 is 14.4 Å². The van der Waals surface area contributed by atoms with E-state index in [4.69, 9.17) is 4.74 Å². The van der Waals surface area contributed by atoms with Crippen LogP contribution in [0.5, 0.6) is 5.75 Å². The number of aromatic carboxylic acids is 1. The molecular weight excluding hydrogens is 375 g/mol. The minimum atomic E-state index is -1.34. The molecule has 0 spiro atoms. The second-order valence-corrected chi connectivity index (χ2v) is 7.11. The van der Waals surface area contributed by atoms with E-state index < -0.39 is 17.2 Å². The molecule has 7 heteroatoms. The van der Waals surface area contributed by atoms with Gasteiger partial charge in [-0.25, -0.2) is 9.18 Å². The number of fused-ring (bicyclic) bond motifs is 1. The van der Waals surface area contributed by atoms with Crippen LogP contribution in [0.3, 0.4) is 0 Å². The Morgan fingerprint density at radius 3 is 2.93 bits per heavy atom. The second kappa shape index (κ2) is 6.13. The Balaban J connectivity index is 1.89. The lowest BCUT2D eigenvalue weighted by molar-refractivity contribution is 0.0694. The maximum absolute atomic E-state index is 15.2. The predicted octanol–water partition coefficient (Wildman–Crippen LogP) is 4.01. The van der Waals surface area contributed by atoms with E-state index in [0.29, 0.717) is 11.1 Å². The molecule has 0 saturated carbocycles. The third kappa shape index (κ3) is 2.51. The van der Waals surface area contributed by atoms with Gasteiger partial charge in [-0.15, -0.1) is 0 Å². The molecule has 0 aliphatic carbocycles. The highest BCUT2D eigenvalue weighted by atomic mass is 19.1. The van der Waals surface area contributed by atoms with Gasteiger partial charge in [0.2, 0.25) is 5.43 Å². The van der Waals surface area contributed by atoms with Gasteiger partial charge in [0.15, 0.2) is 5.75 Å². The number of ether oxygens (including phenoxy) is 1. The van der Waals surface area contributed by atoms with Crippen molar-refractivity contribution in [2.75, 3.05) is 6.61 Å². The maximum atomic E-state index is 15.2. The summed E-state index contributed by atoms with van der Waals surface area (Å²) in [7, 11) is 0. The Morgan fingerprint density at radius 1 is 1.31 bits per heavy atom. The SMILES string of the molecule is CC1COc2c(-c3ccc4ncccc4c3)c(F)cc3c(=O)c(C(=O)O)cn1c23. The summed E-state index contributed by atoms with van der Waals surface area (Å²) in [6, 6.07) is 9.96. The average Bonchev–Trinajstić information content (AvgIpc) is 2.71. The minimum absolute atomic E-state index is 0.00449. The highest BCUT2D eigenvalue weighted by Gasteiger charge is 2.28. The van der Waals surface area contributed by atoms with Crippen molar-refractivity contribution in [2.45, 2.75) is 13.0 Å². The lowest BCUT2D eigenvalue weighted by atomic mass is 9.97. The maximum Gasteiger partial charge on any atom is 0.341 e. The molecule has 144 valence electrons. The molecule has 0 fully saturated rings. The lowest BCUT2D eigenvalue weighted by Gasteiger charge is -2.28. The van der Waals surface area contributed by atoms with Gasteiger partial charge in [-0.05, 0) is 36.8 Å². The Kier molecular flexibility index (Phi) is 3.67. The summed E-state index contributed by atoms with van der Waals surface area (Å²) in [4.78, 5) is 28.4. The zero-order valence-electron chi connectivity index (χ0n) is 15.3. The Hall–Kier alpha value is -3.74. The van der Waals surface area contributed by atoms with Gasteiger partial charge in [-0.1, -0.05) is 12.1 Å². The number of aromatic nitrogens is 2. The lowest BCUT2D eigenvalue weighted by Crippen LogP contribution is -2.27. The van der Waals surface area contributed by atoms with Crippen molar-refractivity contribution in [3.63, 3.8) is 0 Å². The second-order valence-electron chi connectivity index (χ2n) is 7.11. The first-order valence-electron chi connectivity index (χ1n) is 9.08. The standard InChI is InChI=1S/C22H15FN2O4/c1-11-10-29-21-18(13-4-5-17-12(7-13)3-2-6-24-17)16(23)8-14-19(21)25(11)9-15(20(14)26)22(27)28/h2-9,11H,10H2,1H3,(H,27,28). The number of carboxylic acid groups (broad SMARTS) is 1. The molecule has 6 nitrogen and oxygen atoms in total. The molecular formula is C22H15FN2O4. The van der Waals surface area contributed by atoms with Crippen LogP contribution in [0.4, 0.5) is 4.39 Å². The number of rotatable bonds is 2. The normalized spacial score (nSPS) is 15.4. The number of carbonyl (C=O) groups is 1. The first kappa shape index (κ1) is 17.4. The van der Waals surface area contributed by atoms with Crippen LogP contribution in [0, 0.1) is 5.82 Å². The van der Waals surface area contributed by atoms with Gasteiger partial charge in [0.1, 0.15) is 18.0 Å². The predicted molar refractivity (Wildman–Crippen MR) is 106 cm³/mol. The molecule has 1 aliphatic rings. The van der Waals surface area contributed by atoms with Crippen LogP contribution >= 0.6 is 0 Å². The highest BCUT2D eigenvalue weighted by Crippen LogP contribution is 2.42. The van der Waals surface area contributed by atoms with E-state index in [9.17, 15) is 14.7 Å². The van der Waals surface area contributed by atoms with Crippen LogP contribution in [0.2, 0.25) is 0 Å². The van der Waals surface area contributed by atoms with Crippen molar-refractivity contribution in [2.24, 2.45) is 0 Å². The fourth-order valence-electron chi connectivity index (χ4n) is 3.88. The molecule has 0 bridgehead atoms. The molecule has 29 heavy (non-hydrogen) atoms. The number of nitrogens with zero attached hydrogens (tertiary/aromatic N) is 2. The van der Waals surface area contributed by atoms with Crippen molar-refractivity contribution in [3.8, 4) is 16.9 Å². The topological polar surface area (TPSA) is 81.4 Å². The first-order chi connectivity index (χ1) is 14.0. The summed E-state index contributed by atoms with van der Waals surface area (Å²) < 4.78 is 22.8. The monoisotopic (exact) mass is 390 g/mol. The highest BCUT2D eigenvalue weighted by molar-refractivity contribution is 5.99. The molecule has 3 heterocycles. The van der Waals surface area contributed by atoms with E-state index in [2.05, 4.69) is 4.98 Å². The van der Waals surface area contributed by atoms with Gasteiger partial charge in [0.05, 0.1) is 28.0 Å². The van der Waals surface area contributed by atoms with E-state index in [1.54, 1.807) is 29.0 Å². The van der Waals surface area contributed by atoms with E-state index in [1.807, 2.05) is 19.1 Å². The molecule has 4 aromatic rings. The van der Waals surface area contributed by atoms with Crippen molar-refractivity contribution < 1.29 is 19.0 Å². The van der Waals surface area contributed by atoms with Crippen LogP contribution in [-0.2, 0) is 0 Å². The van der Waals surface area contributed by atoms with Crippen LogP contribution in [0.1, 0.15) is 23.3 Å². The number of carboxylic acids is 1. The number of hydrogen-bond donors (Lipinski definition) is 1. The fourth-order valence-corrected chi connectivity index (χ4v) is 3.88. The first-order valence-corrected chi connectivity index (χ1v) is 9.08. The van der Waals surface area contributed by atoms with Crippen LogP contribution in [0.15, 0.2) is 53.6 Å². The van der Waals surface area contributed by atoms with E-state index >= 15 is 4.39 Å². The number of pyridine rings is 2. The zero-order chi connectivity index (χ0) is 20.3. The number of benzene rings is 2. The Morgan fingerprint density at radius 2 is 2.14 bits per heavy atom.